The van der Waals surface area contributed by atoms with Crippen LogP contribution < -0.4 is 0 Å². The number of hydrogen-bond acceptors (Lipinski definition) is 3. The normalized spacial score (nSPS) is 12.7. The van der Waals surface area contributed by atoms with Gasteiger partial charge in [-0.1, -0.05) is 25.0 Å². The molecule has 0 heterocycles. The van der Waals surface area contributed by atoms with Crippen molar-refractivity contribution in [3.63, 3.8) is 0 Å². The highest BCUT2D eigenvalue weighted by Gasteiger charge is 2.29. The van der Waals surface area contributed by atoms with Crippen molar-refractivity contribution in [1.29, 1.82) is 0 Å². The zero-order chi connectivity index (χ0) is 15.2. The summed E-state index contributed by atoms with van der Waals surface area (Å²) in [7, 11) is -3.91. The fraction of sp³-hybridized carbons (Fsp3) is 0.538. The Balaban J connectivity index is 2.23. The fourth-order valence-electron chi connectivity index (χ4n) is 1.91. The van der Waals surface area contributed by atoms with E-state index in [2.05, 4.69) is 0 Å². The molecule has 0 saturated heterocycles. The highest BCUT2D eigenvalue weighted by Crippen LogP contribution is 2.29. The molecule has 0 atom stereocenters. The van der Waals surface area contributed by atoms with Gasteiger partial charge in [0.1, 0.15) is 0 Å². The van der Waals surface area contributed by atoms with Gasteiger partial charge in [0, 0.05) is 6.04 Å². The number of aryl methyl sites for hydroxylation is 1. The average molecular weight is 308 g/mol. The van der Waals surface area contributed by atoms with Crippen molar-refractivity contribution in [3.05, 3.63) is 35.4 Å². The van der Waals surface area contributed by atoms with Crippen LogP contribution in [0.4, 0.5) is 13.2 Å². The maximum Gasteiger partial charge on any atom is 0.492 e. The molecule has 20 heavy (non-hydrogen) atoms. The summed E-state index contributed by atoms with van der Waals surface area (Å²) in [6.07, 6.45) is -0.639. The molecule has 3 N–H and O–H groups in total. The molecule has 0 amide bonds. The van der Waals surface area contributed by atoms with E-state index in [9.17, 15) is 13.2 Å². The second kappa shape index (κ2) is 7.21. The Morgan fingerprint density at radius 3 is 1.90 bits per heavy atom. The van der Waals surface area contributed by atoms with E-state index in [1.54, 1.807) is 0 Å². The maximum absolute atomic E-state index is 12.3. The number of alkyl halides is 3. The van der Waals surface area contributed by atoms with E-state index < -0.39 is 20.5 Å². The molecule has 114 valence electrons. The summed E-state index contributed by atoms with van der Waals surface area (Å²) in [5.74, 6) is 0. The monoisotopic (exact) mass is 308 g/mol. The van der Waals surface area contributed by atoms with Gasteiger partial charge < -0.3 is 14.4 Å². The summed E-state index contributed by atoms with van der Waals surface area (Å²) >= 11 is 0. The predicted octanol–water partition coefficient (Wildman–Crippen LogP) is 2.72. The van der Waals surface area contributed by atoms with Crippen LogP contribution in [0.1, 0.15) is 36.8 Å². The maximum atomic E-state index is 12.3. The zero-order valence-corrected chi connectivity index (χ0v) is 12.0. The Morgan fingerprint density at radius 1 is 0.850 bits per heavy atom. The first kappa shape index (κ1) is 17.2. The third kappa shape index (κ3) is 7.04. The van der Waals surface area contributed by atoms with E-state index in [0.29, 0.717) is 12.8 Å². The molecule has 0 aliphatic rings. The summed E-state index contributed by atoms with van der Waals surface area (Å²) < 4.78 is 37.0. The molecule has 1 aromatic rings. The number of halogens is 3. The molecule has 0 saturated carbocycles. The Morgan fingerprint density at radius 2 is 1.40 bits per heavy atom. The lowest BCUT2D eigenvalue weighted by Crippen LogP contribution is -2.33. The van der Waals surface area contributed by atoms with E-state index in [-0.39, 0.29) is 6.04 Å². The van der Waals surface area contributed by atoms with Crippen molar-refractivity contribution in [2.45, 2.75) is 44.3 Å². The highest BCUT2D eigenvalue weighted by atomic mass is 28.4. The van der Waals surface area contributed by atoms with Gasteiger partial charge in [-0.15, -0.1) is 0 Å². The second-order valence-electron chi connectivity index (χ2n) is 4.88. The van der Waals surface area contributed by atoms with Crippen molar-refractivity contribution in [3.8, 4) is 0 Å². The minimum absolute atomic E-state index is 0.0350. The van der Waals surface area contributed by atoms with E-state index in [1.807, 2.05) is 0 Å². The van der Waals surface area contributed by atoms with Crippen molar-refractivity contribution >= 4 is 8.80 Å². The topological polar surface area (TPSA) is 60.7 Å². The molecule has 7 heteroatoms. The van der Waals surface area contributed by atoms with Crippen LogP contribution >= 0.6 is 0 Å². The van der Waals surface area contributed by atoms with Gasteiger partial charge in [-0.3, -0.25) is 0 Å². The molecule has 1 rings (SSSR count). The Hall–Kier alpha value is -0.893. The molecule has 0 aliphatic heterocycles. The van der Waals surface area contributed by atoms with Crippen LogP contribution in [0.25, 0.3) is 0 Å². The number of benzene rings is 1. The lowest BCUT2D eigenvalue weighted by atomic mass is 10.0. The SMILES string of the molecule is O[Si](O)(O)CCCCCCc1ccc(C(F)(F)F)cc1. The first-order chi connectivity index (χ1) is 9.18. The van der Waals surface area contributed by atoms with Crippen LogP contribution in [0.3, 0.4) is 0 Å². The van der Waals surface area contributed by atoms with Gasteiger partial charge in [0.2, 0.25) is 0 Å². The smallest absolute Gasteiger partial charge is 0.390 e. The lowest BCUT2D eigenvalue weighted by molar-refractivity contribution is -0.137. The Labute approximate surface area is 117 Å². The van der Waals surface area contributed by atoms with Crippen molar-refractivity contribution < 1.29 is 27.6 Å². The summed E-state index contributed by atoms with van der Waals surface area (Å²) in [4.78, 5) is 26.4. The average Bonchev–Trinajstić information content (AvgIpc) is 2.32. The number of rotatable bonds is 7. The fourth-order valence-corrected chi connectivity index (χ4v) is 2.63. The summed E-state index contributed by atoms with van der Waals surface area (Å²) in [5, 5.41) is 0. The first-order valence-electron chi connectivity index (χ1n) is 6.52. The van der Waals surface area contributed by atoms with Gasteiger partial charge in [-0.25, -0.2) is 0 Å². The van der Waals surface area contributed by atoms with Gasteiger partial charge >= 0.3 is 15.0 Å². The quantitative estimate of drug-likeness (QED) is 0.536. The van der Waals surface area contributed by atoms with Crippen LogP contribution in [-0.4, -0.2) is 23.2 Å². The third-order valence-electron chi connectivity index (χ3n) is 3.01. The lowest BCUT2D eigenvalue weighted by Gasteiger charge is -2.09. The molecule has 0 aromatic heterocycles. The third-order valence-corrected chi connectivity index (χ3v) is 4.03. The van der Waals surface area contributed by atoms with Crippen molar-refractivity contribution in [2.75, 3.05) is 0 Å². The largest absolute Gasteiger partial charge is 0.492 e. The van der Waals surface area contributed by atoms with Crippen molar-refractivity contribution in [1.82, 2.24) is 0 Å². The summed E-state index contributed by atoms with van der Waals surface area (Å²) in [6, 6.07) is 5.16. The molecular formula is C13H19F3O3Si. The zero-order valence-electron chi connectivity index (χ0n) is 11.0. The first-order valence-corrected chi connectivity index (χ1v) is 8.56. The molecule has 0 aliphatic carbocycles. The van der Waals surface area contributed by atoms with E-state index in [0.717, 1.165) is 37.0 Å². The molecular weight excluding hydrogens is 289 g/mol. The highest BCUT2D eigenvalue weighted by molar-refractivity contribution is 6.56. The molecule has 3 nitrogen and oxygen atoms in total. The molecule has 0 unspecified atom stereocenters. The minimum atomic E-state index is -4.30. The van der Waals surface area contributed by atoms with Gasteiger partial charge in [0.25, 0.3) is 0 Å². The van der Waals surface area contributed by atoms with Gasteiger partial charge in [0.15, 0.2) is 0 Å². The Bertz CT molecular complexity index is 399. The Kier molecular flexibility index (Phi) is 6.19. The van der Waals surface area contributed by atoms with Crippen LogP contribution in [0.2, 0.25) is 6.04 Å². The van der Waals surface area contributed by atoms with E-state index in [1.165, 1.54) is 12.1 Å². The number of hydrogen-bond donors (Lipinski definition) is 3. The summed E-state index contributed by atoms with van der Waals surface area (Å²) in [6.45, 7) is 0. The minimum Gasteiger partial charge on any atom is -0.390 e. The number of unbranched alkanes of at least 4 members (excludes halogenated alkanes) is 3. The van der Waals surface area contributed by atoms with Crippen LogP contribution in [0.15, 0.2) is 24.3 Å². The predicted molar refractivity (Wildman–Crippen MR) is 70.8 cm³/mol. The van der Waals surface area contributed by atoms with Crippen molar-refractivity contribution in [2.24, 2.45) is 0 Å². The second-order valence-corrected chi connectivity index (χ2v) is 6.93. The molecule has 0 fully saturated rings. The van der Waals surface area contributed by atoms with E-state index in [4.69, 9.17) is 14.4 Å². The summed E-state index contributed by atoms with van der Waals surface area (Å²) in [5.41, 5.74) is 0.213. The molecule has 0 bridgehead atoms. The van der Waals surface area contributed by atoms with Gasteiger partial charge in [-0.2, -0.15) is 13.2 Å². The van der Waals surface area contributed by atoms with Gasteiger partial charge in [0.05, 0.1) is 5.56 Å². The standard InChI is InChI=1S/C13H19F3O3Si/c14-13(15,16)12-8-6-11(7-9-12)5-3-1-2-4-10-20(17,18)19/h6-9,17-19H,1-5,10H2. The molecule has 1 aromatic carbocycles. The van der Waals surface area contributed by atoms with Gasteiger partial charge in [-0.05, 0) is 37.0 Å². The van der Waals surface area contributed by atoms with Crippen LogP contribution in [0, 0.1) is 0 Å². The molecule has 0 radical (unpaired) electrons. The van der Waals surface area contributed by atoms with Crippen LogP contribution in [-0.2, 0) is 12.6 Å². The molecule has 0 spiro atoms. The van der Waals surface area contributed by atoms with E-state index >= 15 is 0 Å². The van der Waals surface area contributed by atoms with Crippen LogP contribution in [0.5, 0.6) is 0 Å².